The fourth-order valence-electron chi connectivity index (χ4n) is 1.51. The van der Waals surface area contributed by atoms with E-state index in [9.17, 15) is 4.79 Å². The highest BCUT2D eigenvalue weighted by Gasteiger charge is 1.99. The zero-order valence-electron chi connectivity index (χ0n) is 9.08. The Kier molecular flexibility index (Phi) is 3.05. The van der Waals surface area contributed by atoms with E-state index in [1.165, 1.54) is 5.56 Å². The number of hydrogen-bond donors (Lipinski definition) is 3. The van der Waals surface area contributed by atoms with Crippen LogP contribution in [0, 0.1) is 6.92 Å². The van der Waals surface area contributed by atoms with Crippen LogP contribution in [-0.4, -0.2) is 21.7 Å². The smallest absolute Gasteiger partial charge is 0.340 e. The molecule has 0 aliphatic rings. The largest absolute Gasteiger partial charge is 0.384 e. The number of H-pyrrole nitrogens is 2. The second-order valence-corrected chi connectivity index (χ2v) is 3.62. The number of benzene rings is 1. The Morgan fingerprint density at radius 3 is 2.88 bits per heavy atom. The first-order valence-electron chi connectivity index (χ1n) is 5.19. The molecule has 5 heteroatoms. The zero-order chi connectivity index (χ0) is 11.4. The van der Waals surface area contributed by atoms with Crippen molar-refractivity contribution in [2.45, 2.75) is 13.3 Å². The lowest BCUT2D eigenvalue weighted by Crippen LogP contribution is -2.08. The first-order valence-corrected chi connectivity index (χ1v) is 5.19. The third-order valence-electron chi connectivity index (χ3n) is 2.37. The van der Waals surface area contributed by atoms with Crippen molar-refractivity contribution in [2.75, 3.05) is 11.9 Å². The van der Waals surface area contributed by atoms with Gasteiger partial charge in [-0.05, 0) is 18.6 Å². The van der Waals surface area contributed by atoms with Crippen LogP contribution in [0.5, 0.6) is 0 Å². The number of nitrogens with zero attached hydrogens (tertiary/aromatic N) is 1. The maximum Gasteiger partial charge on any atom is 0.340 e. The number of aromatic nitrogens is 3. The molecule has 0 amide bonds. The standard InChI is InChI=1S/C11H14N4O/c1-8-4-2-3-5-9(8)12-7-6-10-13-11(16)15-14-10/h2-5,12H,6-7H2,1H3,(H2,13,14,15,16). The second-order valence-electron chi connectivity index (χ2n) is 3.62. The van der Waals surface area contributed by atoms with E-state index in [0.717, 1.165) is 12.2 Å². The summed E-state index contributed by atoms with van der Waals surface area (Å²) in [5.74, 6) is 0.672. The molecular formula is C11H14N4O. The molecule has 2 rings (SSSR count). The van der Waals surface area contributed by atoms with E-state index in [1.54, 1.807) is 0 Å². The van der Waals surface area contributed by atoms with Gasteiger partial charge in [0.2, 0.25) is 0 Å². The Morgan fingerprint density at radius 1 is 1.38 bits per heavy atom. The van der Waals surface area contributed by atoms with Crippen molar-refractivity contribution in [3.8, 4) is 0 Å². The van der Waals surface area contributed by atoms with Gasteiger partial charge >= 0.3 is 5.69 Å². The molecule has 5 nitrogen and oxygen atoms in total. The summed E-state index contributed by atoms with van der Waals surface area (Å²) in [7, 11) is 0. The average Bonchev–Trinajstić information content (AvgIpc) is 2.67. The van der Waals surface area contributed by atoms with Crippen LogP contribution >= 0.6 is 0 Å². The van der Waals surface area contributed by atoms with Gasteiger partial charge in [-0.2, -0.15) is 5.10 Å². The van der Waals surface area contributed by atoms with Crippen molar-refractivity contribution < 1.29 is 0 Å². The maximum absolute atomic E-state index is 10.8. The van der Waals surface area contributed by atoms with Gasteiger partial charge in [-0.25, -0.2) is 9.89 Å². The van der Waals surface area contributed by atoms with Crippen molar-refractivity contribution in [3.05, 3.63) is 46.1 Å². The first kappa shape index (κ1) is 10.5. The molecule has 0 spiro atoms. The van der Waals surface area contributed by atoms with Gasteiger partial charge in [-0.1, -0.05) is 18.2 Å². The van der Waals surface area contributed by atoms with Crippen molar-refractivity contribution in [2.24, 2.45) is 0 Å². The van der Waals surface area contributed by atoms with Crippen LogP contribution < -0.4 is 11.0 Å². The predicted molar refractivity (Wildman–Crippen MR) is 62.6 cm³/mol. The third kappa shape index (κ3) is 2.50. The molecule has 16 heavy (non-hydrogen) atoms. The lowest BCUT2D eigenvalue weighted by molar-refractivity contribution is 0.900. The Balaban J connectivity index is 1.89. The summed E-state index contributed by atoms with van der Waals surface area (Å²) in [4.78, 5) is 13.4. The summed E-state index contributed by atoms with van der Waals surface area (Å²) in [6, 6.07) is 8.08. The number of hydrogen-bond acceptors (Lipinski definition) is 3. The van der Waals surface area contributed by atoms with E-state index >= 15 is 0 Å². The summed E-state index contributed by atoms with van der Waals surface area (Å²) in [5.41, 5.74) is 2.06. The quantitative estimate of drug-likeness (QED) is 0.718. The van der Waals surface area contributed by atoms with Gasteiger partial charge in [0, 0.05) is 18.7 Å². The molecule has 0 unspecified atom stereocenters. The Morgan fingerprint density at radius 2 is 2.19 bits per heavy atom. The third-order valence-corrected chi connectivity index (χ3v) is 2.37. The minimum Gasteiger partial charge on any atom is -0.384 e. The number of anilines is 1. The average molecular weight is 218 g/mol. The molecular weight excluding hydrogens is 204 g/mol. The molecule has 3 N–H and O–H groups in total. The second kappa shape index (κ2) is 4.65. The Bertz CT molecular complexity index is 514. The number of aromatic amines is 2. The van der Waals surface area contributed by atoms with Gasteiger partial charge in [-0.3, -0.25) is 4.98 Å². The summed E-state index contributed by atoms with van der Waals surface area (Å²) >= 11 is 0. The van der Waals surface area contributed by atoms with E-state index in [4.69, 9.17) is 0 Å². The first-order chi connectivity index (χ1) is 7.75. The topological polar surface area (TPSA) is 73.6 Å². The number of para-hydroxylation sites is 1. The van der Waals surface area contributed by atoms with Crippen molar-refractivity contribution in [1.82, 2.24) is 15.2 Å². The molecule has 0 aliphatic carbocycles. The van der Waals surface area contributed by atoms with Crippen molar-refractivity contribution in [3.63, 3.8) is 0 Å². The lowest BCUT2D eigenvalue weighted by Gasteiger charge is -2.07. The van der Waals surface area contributed by atoms with Crippen LogP contribution in [0.2, 0.25) is 0 Å². The Labute approximate surface area is 92.9 Å². The monoisotopic (exact) mass is 218 g/mol. The van der Waals surface area contributed by atoms with Gasteiger partial charge < -0.3 is 5.32 Å². The van der Waals surface area contributed by atoms with Crippen LogP contribution in [0.4, 0.5) is 5.69 Å². The predicted octanol–water partition coefficient (Wildman–Crippen LogP) is 1.06. The number of nitrogens with one attached hydrogen (secondary N) is 3. The summed E-state index contributed by atoms with van der Waals surface area (Å²) < 4.78 is 0. The molecule has 0 fully saturated rings. The van der Waals surface area contributed by atoms with E-state index in [1.807, 2.05) is 18.2 Å². The Hall–Kier alpha value is -2.04. The van der Waals surface area contributed by atoms with Crippen LogP contribution in [0.25, 0.3) is 0 Å². The molecule has 0 bridgehead atoms. The van der Waals surface area contributed by atoms with Crippen LogP contribution in [0.1, 0.15) is 11.4 Å². The molecule has 84 valence electrons. The van der Waals surface area contributed by atoms with Crippen molar-refractivity contribution >= 4 is 5.69 Å². The fourth-order valence-corrected chi connectivity index (χ4v) is 1.51. The van der Waals surface area contributed by atoms with Gasteiger partial charge in [0.1, 0.15) is 5.82 Å². The van der Waals surface area contributed by atoms with Gasteiger partial charge in [0.25, 0.3) is 0 Å². The molecule has 1 aromatic carbocycles. The van der Waals surface area contributed by atoms with E-state index < -0.39 is 0 Å². The molecule has 0 aliphatic heterocycles. The highest BCUT2D eigenvalue weighted by molar-refractivity contribution is 5.50. The van der Waals surface area contributed by atoms with Gasteiger partial charge in [-0.15, -0.1) is 0 Å². The molecule has 1 heterocycles. The lowest BCUT2D eigenvalue weighted by atomic mass is 10.2. The molecule has 1 aromatic heterocycles. The highest BCUT2D eigenvalue weighted by Crippen LogP contribution is 2.12. The van der Waals surface area contributed by atoms with E-state index in [2.05, 4.69) is 33.5 Å². The van der Waals surface area contributed by atoms with Crippen LogP contribution in [0.3, 0.4) is 0 Å². The molecule has 0 atom stereocenters. The fraction of sp³-hybridized carbons (Fsp3) is 0.273. The van der Waals surface area contributed by atoms with E-state index in [-0.39, 0.29) is 5.69 Å². The summed E-state index contributed by atoms with van der Waals surface area (Å²) in [5, 5.41) is 9.47. The number of rotatable bonds is 4. The molecule has 0 saturated carbocycles. The maximum atomic E-state index is 10.8. The van der Waals surface area contributed by atoms with Crippen molar-refractivity contribution in [1.29, 1.82) is 0 Å². The zero-order valence-corrected chi connectivity index (χ0v) is 9.08. The molecule has 0 saturated heterocycles. The van der Waals surface area contributed by atoms with E-state index in [0.29, 0.717) is 12.2 Å². The normalized spacial score (nSPS) is 10.3. The summed E-state index contributed by atoms with van der Waals surface area (Å²) in [6.07, 6.45) is 0.688. The highest BCUT2D eigenvalue weighted by atomic mass is 16.1. The van der Waals surface area contributed by atoms with Crippen LogP contribution in [-0.2, 0) is 6.42 Å². The summed E-state index contributed by atoms with van der Waals surface area (Å²) in [6.45, 7) is 2.80. The van der Waals surface area contributed by atoms with Gasteiger partial charge in [0.05, 0.1) is 0 Å². The molecule has 0 radical (unpaired) electrons. The number of aryl methyl sites for hydroxylation is 1. The molecule has 2 aromatic rings. The minimum absolute atomic E-state index is 0.258. The van der Waals surface area contributed by atoms with Crippen LogP contribution in [0.15, 0.2) is 29.1 Å². The minimum atomic E-state index is -0.258. The van der Waals surface area contributed by atoms with Gasteiger partial charge in [0.15, 0.2) is 0 Å². The SMILES string of the molecule is Cc1ccccc1NCCc1n[nH]c(=O)[nH]1.